The van der Waals surface area contributed by atoms with Crippen LogP contribution in [0.15, 0.2) is 48.5 Å². The summed E-state index contributed by atoms with van der Waals surface area (Å²) in [6.07, 6.45) is 0. The van der Waals surface area contributed by atoms with E-state index in [-0.39, 0.29) is 5.91 Å². The SMILES string of the molecule is CNC(=O)NC(=O)[C@H](c1ccccc1)N(C)Cc1ccc(C)cc1C. The van der Waals surface area contributed by atoms with Crippen LogP contribution in [0, 0.1) is 13.8 Å². The summed E-state index contributed by atoms with van der Waals surface area (Å²) in [7, 11) is 3.37. The zero-order valence-electron chi connectivity index (χ0n) is 15.2. The lowest BCUT2D eigenvalue weighted by atomic mass is 10.0. The lowest BCUT2D eigenvalue weighted by molar-refractivity contribution is -0.125. The van der Waals surface area contributed by atoms with Crippen molar-refractivity contribution >= 4 is 11.9 Å². The number of likely N-dealkylation sites (N-methyl/N-ethyl adjacent to an activating group) is 1. The molecular weight excluding hydrogens is 314 g/mol. The highest BCUT2D eigenvalue weighted by atomic mass is 16.2. The predicted molar refractivity (Wildman–Crippen MR) is 99.2 cm³/mol. The summed E-state index contributed by atoms with van der Waals surface area (Å²) in [5.41, 5.74) is 4.39. The molecule has 0 aromatic heterocycles. The van der Waals surface area contributed by atoms with Gasteiger partial charge in [0.05, 0.1) is 0 Å². The Bertz CT molecular complexity index is 744. The Morgan fingerprint density at radius 2 is 1.76 bits per heavy atom. The lowest BCUT2D eigenvalue weighted by Crippen LogP contribution is -2.44. The van der Waals surface area contributed by atoms with Crippen molar-refractivity contribution in [2.45, 2.75) is 26.4 Å². The Labute approximate surface area is 149 Å². The Balaban J connectivity index is 2.27. The molecule has 0 aliphatic rings. The first-order valence-corrected chi connectivity index (χ1v) is 8.26. The molecule has 1 atom stereocenters. The second-order valence-electron chi connectivity index (χ2n) is 6.23. The van der Waals surface area contributed by atoms with Crippen molar-refractivity contribution < 1.29 is 9.59 Å². The maximum Gasteiger partial charge on any atom is 0.321 e. The average Bonchev–Trinajstić information content (AvgIpc) is 2.58. The van der Waals surface area contributed by atoms with E-state index in [4.69, 9.17) is 0 Å². The molecular formula is C20H25N3O2. The Morgan fingerprint density at radius 1 is 1.08 bits per heavy atom. The van der Waals surface area contributed by atoms with Crippen molar-refractivity contribution in [3.05, 3.63) is 70.8 Å². The average molecular weight is 339 g/mol. The minimum Gasteiger partial charge on any atom is -0.341 e. The molecule has 3 amide bonds. The summed E-state index contributed by atoms with van der Waals surface area (Å²) in [5, 5.41) is 4.80. The van der Waals surface area contributed by atoms with Crippen molar-refractivity contribution in [2.24, 2.45) is 0 Å². The molecule has 0 radical (unpaired) electrons. The molecule has 0 saturated heterocycles. The van der Waals surface area contributed by atoms with Gasteiger partial charge in [0, 0.05) is 13.6 Å². The fraction of sp³-hybridized carbons (Fsp3) is 0.300. The van der Waals surface area contributed by atoms with Gasteiger partial charge in [0.15, 0.2) is 0 Å². The number of urea groups is 1. The van der Waals surface area contributed by atoms with Crippen LogP contribution in [0.1, 0.15) is 28.3 Å². The summed E-state index contributed by atoms with van der Waals surface area (Å²) in [6, 6.07) is 14.7. The van der Waals surface area contributed by atoms with Crippen molar-refractivity contribution in [3.8, 4) is 0 Å². The molecule has 0 saturated carbocycles. The van der Waals surface area contributed by atoms with Crippen LogP contribution in [0.3, 0.4) is 0 Å². The maximum absolute atomic E-state index is 12.7. The van der Waals surface area contributed by atoms with Gasteiger partial charge in [0.2, 0.25) is 5.91 Å². The highest BCUT2D eigenvalue weighted by Gasteiger charge is 2.26. The van der Waals surface area contributed by atoms with Gasteiger partial charge in [-0.15, -0.1) is 0 Å². The molecule has 132 valence electrons. The zero-order chi connectivity index (χ0) is 18.4. The molecule has 0 aliphatic carbocycles. The maximum atomic E-state index is 12.7. The van der Waals surface area contributed by atoms with Crippen LogP contribution in [-0.4, -0.2) is 30.9 Å². The highest BCUT2D eigenvalue weighted by Crippen LogP contribution is 2.23. The summed E-state index contributed by atoms with van der Waals surface area (Å²) in [6.45, 7) is 4.73. The molecule has 2 aromatic rings. The van der Waals surface area contributed by atoms with Crippen LogP contribution in [0.5, 0.6) is 0 Å². The molecule has 5 heteroatoms. The number of nitrogens with one attached hydrogen (secondary N) is 2. The molecule has 5 nitrogen and oxygen atoms in total. The molecule has 0 spiro atoms. The number of hydrogen-bond acceptors (Lipinski definition) is 3. The van der Waals surface area contributed by atoms with Crippen LogP contribution in [0.25, 0.3) is 0 Å². The number of nitrogens with zero attached hydrogens (tertiary/aromatic N) is 1. The Kier molecular flexibility index (Phi) is 6.31. The molecule has 0 aliphatic heterocycles. The van der Waals surface area contributed by atoms with E-state index in [1.165, 1.54) is 18.2 Å². The van der Waals surface area contributed by atoms with E-state index in [2.05, 4.69) is 42.7 Å². The molecule has 2 N–H and O–H groups in total. The van der Waals surface area contributed by atoms with Crippen molar-refractivity contribution in [1.29, 1.82) is 0 Å². The number of rotatable bonds is 5. The van der Waals surface area contributed by atoms with E-state index in [0.29, 0.717) is 6.54 Å². The minimum absolute atomic E-state index is 0.349. The normalized spacial score (nSPS) is 11.9. The van der Waals surface area contributed by atoms with Crippen LogP contribution >= 0.6 is 0 Å². The van der Waals surface area contributed by atoms with Gasteiger partial charge in [-0.1, -0.05) is 54.1 Å². The van der Waals surface area contributed by atoms with E-state index in [1.54, 1.807) is 0 Å². The molecule has 0 heterocycles. The van der Waals surface area contributed by atoms with Gasteiger partial charge in [-0.25, -0.2) is 4.79 Å². The number of hydrogen-bond donors (Lipinski definition) is 2. The molecule has 25 heavy (non-hydrogen) atoms. The predicted octanol–water partition coefficient (Wildman–Crippen LogP) is 2.93. The first-order valence-electron chi connectivity index (χ1n) is 8.26. The Hall–Kier alpha value is -2.66. The summed E-state index contributed by atoms with van der Waals surface area (Å²) < 4.78 is 0. The lowest BCUT2D eigenvalue weighted by Gasteiger charge is -2.28. The topological polar surface area (TPSA) is 61.4 Å². The third kappa shape index (κ3) is 4.90. The van der Waals surface area contributed by atoms with Gasteiger partial charge in [0.1, 0.15) is 6.04 Å². The third-order valence-corrected chi connectivity index (χ3v) is 4.19. The summed E-state index contributed by atoms with van der Waals surface area (Å²) in [4.78, 5) is 26.2. The highest BCUT2D eigenvalue weighted by molar-refractivity contribution is 5.97. The largest absolute Gasteiger partial charge is 0.341 e. The number of carbonyl (C=O) groups is 2. The van der Waals surface area contributed by atoms with Crippen LogP contribution < -0.4 is 10.6 Å². The second-order valence-corrected chi connectivity index (χ2v) is 6.23. The first kappa shape index (κ1) is 18.7. The van der Waals surface area contributed by atoms with Crippen molar-refractivity contribution in [3.63, 3.8) is 0 Å². The van der Waals surface area contributed by atoms with Crippen LogP contribution in [0.4, 0.5) is 4.79 Å². The van der Waals surface area contributed by atoms with Gasteiger partial charge >= 0.3 is 6.03 Å². The van der Waals surface area contributed by atoms with Gasteiger partial charge in [0.25, 0.3) is 0 Å². The van der Waals surface area contributed by atoms with Crippen LogP contribution in [-0.2, 0) is 11.3 Å². The van der Waals surface area contributed by atoms with Crippen molar-refractivity contribution in [1.82, 2.24) is 15.5 Å². The smallest absolute Gasteiger partial charge is 0.321 e. The van der Waals surface area contributed by atoms with Gasteiger partial charge in [-0.05, 0) is 37.6 Å². The van der Waals surface area contributed by atoms with Gasteiger partial charge in [-0.2, -0.15) is 0 Å². The Morgan fingerprint density at radius 3 is 2.36 bits per heavy atom. The molecule has 0 bridgehead atoms. The monoisotopic (exact) mass is 339 g/mol. The van der Waals surface area contributed by atoms with E-state index in [9.17, 15) is 9.59 Å². The van der Waals surface area contributed by atoms with E-state index < -0.39 is 12.1 Å². The minimum atomic E-state index is -0.556. The molecule has 2 aromatic carbocycles. The fourth-order valence-corrected chi connectivity index (χ4v) is 2.87. The summed E-state index contributed by atoms with van der Waals surface area (Å²) >= 11 is 0. The van der Waals surface area contributed by atoms with Crippen molar-refractivity contribution in [2.75, 3.05) is 14.1 Å². The van der Waals surface area contributed by atoms with Gasteiger partial charge in [-0.3, -0.25) is 15.0 Å². The number of aryl methyl sites for hydroxylation is 2. The number of imide groups is 1. The second kappa shape index (κ2) is 8.44. The molecule has 0 fully saturated rings. The summed E-state index contributed by atoms with van der Waals surface area (Å²) in [5.74, 6) is -0.349. The van der Waals surface area contributed by atoms with E-state index in [0.717, 1.165) is 11.1 Å². The van der Waals surface area contributed by atoms with E-state index >= 15 is 0 Å². The number of benzene rings is 2. The van der Waals surface area contributed by atoms with E-state index in [1.807, 2.05) is 42.3 Å². The third-order valence-electron chi connectivity index (χ3n) is 4.19. The number of carbonyl (C=O) groups excluding carboxylic acids is 2. The molecule has 2 rings (SSSR count). The van der Waals surface area contributed by atoms with Gasteiger partial charge < -0.3 is 5.32 Å². The zero-order valence-corrected chi connectivity index (χ0v) is 15.2. The standard InChI is InChI=1S/C20H25N3O2/c1-14-10-11-17(15(2)12-14)13-23(4)18(16-8-6-5-7-9-16)19(24)22-20(25)21-3/h5-12,18H,13H2,1-4H3,(H2,21,22,24,25)/t18-/m0/s1. The first-order chi connectivity index (χ1) is 11.9. The van der Waals surface area contributed by atoms with Crippen LogP contribution in [0.2, 0.25) is 0 Å². The number of amides is 3. The quantitative estimate of drug-likeness (QED) is 0.880. The molecule has 0 unspecified atom stereocenters. The fourth-order valence-electron chi connectivity index (χ4n) is 2.87.